The molecule has 0 unspecified atom stereocenters. The van der Waals surface area contributed by atoms with Crippen molar-refractivity contribution in [2.24, 2.45) is 5.73 Å². The minimum absolute atomic E-state index is 0.0457. The molecule has 66 valence electrons. The molecule has 1 aromatic carbocycles. The third-order valence-electron chi connectivity index (χ3n) is 1.74. The lowest BCUT2D eigenvalue weighted by Gasteiger charge is -2.05. The predicted octanol–water partition coefficient (Wildman–Crippen LogP) is 1.44. The second kappa shape index (κ2) is 3.83. The van der Waals surface area contributed by atoms with E-state index in [2.05, 4.69) is 0 Å². The second-order valence-electron chi connectivity index (χ2n) is 2.81. The van der Waals surface area contributed by atoms with E-state index in [4.69, 9.17) is 5.73 Å². The van der Waals surface area contributed by atoms with Gasteiger partial charge in [0.15, 0.2) is 0 Å². The molecule has 0 aromatic heterocycles. The first kappa shape index (κ1) is 9.42. The van der Waals surface area contributed by atoms with Crippen LogP contribution in [0.2, 0.25) is 0 Å². The summed E-state index contributed by atoms with van der Waals surface area (Å²) in [6.45, 7) is 1.93. The average Bonchev–Trinajstić information content (AvgIpc) is 2.04. The van der Waals surface area contributed by atoms with Gasteiger partial charge in [-0.25, -0.2) is 0 Å². The predicted molar refractivity (Wildman–Crippen MR) is 51.4 cm³/mol. The van der Waals surface area contributed by atoms with Crippen molar-refractivity contribution >= 4 is 10.8 Å². The monoisotopic (exact) mass is 183 g/mol. The fraction of sp³-hybridized carbons (Fsp3) is 0.333. The minimum atomic E-state index is -0.891. The number of hydrogen-bond acceptors (Lipinski definition) is 2. The van der Waals surface area contributed by atoms with Gasteiger partial charge in [-0.1, -0.05) is 12.1 Å². The molecular weight excluding hydrogens is 170 g/mol. The summed E-state index contributed by atoms with van der Waals surface area (Å²) in [5, 5.41) is 0. The zero-order valence-corrected chi connectivity index (χ0v) is 8.10. The van der Waals surface area contributed by atoms with Crippen LogP contribution in [0.1, 0.15) is 18.5 Å². The zero-order chi connectivity index (χ0) is 9.14. The molecule has 1 aromatic rings. The lowest BCUT2D eigenvalue weighted by molar-refractivity contribution is 0.686. The first-order chi connectivity index (χ1) is 5.61. The second-order valence-corrected chi connectivity index (χ2v) is 4.19. The molecule has 0 aliphatic carbocycles. The Morgan fingerprint density at radius 2 is 1.83 bits per heavy atom. The van der Waals surface area contributed by atoms with Gasteiger partial charge in [-0.2, -0.15) is 0 Å². The molecule has 12 heavy (non-hydrogen) atoms. The van der Waals surface area contributed by atoms with Crippen molar-refractivity contribution in [3.63, 3.8) is 0 Å². The minimum Gasteiger partial charge on any atom is -0.324 e. The Kier molecular flexibility index (Phi) is 3.00. The summed E-state index contributed by atoms with van der Waals surface area (Å²) in [6.07, 6.45) is 1.67. The van der Waals surface area contributed by atoms with E-state index in [0.717, 1.165) is 10.5 Å². The maximum atomic E-state index is 11.0. The van der Waals surface area contributed by atoms with Crippen molar-refractivity contribution in [2.45, 2.75) is 17.9 Å². The van der Waals surface area contributed by atoms with Crippen LogP contribution in [-0.4, -0.2) is 10.5 Å². The highest BCUT2D eigenvalue weighted by Crippen LogP contribution is 2.12. The van der Waals surface area contributed by atoms with Crippen LogP contribution in [0.3, 0.4) is 0 Å². The first-order valence-electron chi connectivity index (χ1n) is 3.80. The average molecular weight is 183 g/mol. The van der Waals surface area contributed by atoms with Crippen LogP contribution in [0.15, 0.2) is 29.2 Å². The maximum absolute atomic E-state index is 11.0. The molecule has 0 radical (unpaired) electrons. The molecule has 0 saturated carbocycles. The Hall–Kier alpha value is -0.670. The Bertz CT molecular complexity index is 279. The van der Waals surface area contributed by atoms with Crippen LogP contribution >= 0.6 is 0 Å². The number of hydrogen-bond donors (Lipinski definition) is 1. The Balaban J connectivity index is 2.93. The molecule has 0 heterocycles. The van der Waals surface area contributed by atoms with Gasteiger partial charge >= 0.3 is 0 Å². The molecule has 0 saturated heterocycles. The summed E-state index contributed by atoms with van der Waals surface area (Å²) in [7, 11) is -0.891. The lowest BCUT2D eigenvalue weighted by atomic mass is 10.1. The molecule has 2 atom stereocenters. The van der Waals surface area contributed by atoms with Gasteiger partial charge in [0, 0.05) is 28.0 Å². The molecule has 0 aliphatic heterocycles. The van der Waals surface area contributed by atoms with E-state index in [1.807, 2.05) is 31.2 Å². The summed E-state index contributed by atoms with van der Waals surface area (Å²) in [5.74, 6) is 0. The van der Waals surface area contributed by atoms with Crippen molar-refractivity contribution in [1.82, 2.24) is 0 Å². The van der Waals surface area contributed by atoms with Gasteiger partial charge in [-0.3, -0.25) is 4.21 Å². The number of nitrogens with two attached hydrogens (primary N) is 1. The van der Waals surface area contributed by atoms with E-state index >= 15 is 0 Å². The third-order valence-corrected chi connectivity index (χ3v) is 2.67. The highest BCUT2D eigenvalue weighted by molar-refractivity contribution is 7.84. The van der Waals surface area contributed by atoms with E-state index in [0.29, 0.717) is 0 Å². The number of benzene rings is 1. The van der Waals surface area contributed by atoms with Crippen molar-refractivity contribution < 1.29 is 4.21 Å². The molecule has 1 rings (SSSR count). The SMILES string of the molecule is C[C@@H](N)c1ccc([S@@](C)=O)cc1. The highest BCUT2D eigenvalue weighted by atomic mass is 32.2. The smallest absolute Gasteiger partial charge is 0.0498 e. The van der Waals surface area contributed by atoms with E-state index < -0.39 is 10.8 Å². The summed E-state index contributed by atoms with van der Waals surface area (Å²) >= 11 is 0. The van der Waals surface area contributed by atoms with Crippen LogP contribution in [0.5, 0.6) is 0 Å². The van der Waals surface area contributed by atoms with Gasteiger partial charge in [0.05, 0.1) is 0 Å². The van der Waals surface area contributed by atoms with Gasteiger partial charge in [0.1, 0.15) is 0 Å². The van der Waals surface area contributed by atoms with Gasteiger partial charge in [0.2, 0.25) is 0 Å². The first-order valence-corrected chi connectivity index (χ1v) is 5.36. The molecule has 0 aliphatic rings. The van der Waals surface area contributed by atoms with Crippen LogP contribution in [-0.2, 0) is 10.8 Å². The summed E-state index contributed by atoms with van der Waals surface area (Å²) in [6, 6.07) is 7.59. The van der Waals surface area contributed by atoms with Crippen molar-refractivity contribution in [3.05, 3.63) is 29.8 Å². The van der Waals surface area contributed by atoms with Crippen LogP contribution in [0, 0.1) is 0 Å². The van der Waals surface area contributed by atoms with Crippen molar-refractivity contribution in [1.29, 1.82) is 0 Å². The molecule has 0 bridgehead atoms. The fourth-order valence-corrected chi connectivity index (χ4v) is 1.48. The normalized spacial score (nSPS) is 15.6. The van der Waals surface area contributed by atoms with Crippen LogP contribution in [0.4, 0.5) is 0 Å². The van der Waals surface area contributed by atoms with Crippen molar-refractivity contribution in [2.75, 3.05) is 6.26 Å². The molecule has 2 N–H and O–H groups in total. The highest BCUT2D eigenvalue weighted by Gasteiger charge is 2.00. The topological polar surface area (TPSA) is 43.1 Å². The Labute approximate surface area is 75.2 Å². The summed E-state index contributed by atoms with van der Waals surface area (Å²) < 4.78 is 11.0. The van der Waals surface area contributed by atoms with E-state index in [-0.39, 0.29) is 6.04 Å². The molecule has 0 fully saturated rings. The summed E-state index contributed by atoms with van der Waals surface area (Å²) in [4.78, 5) is 0.847. The van der Waals surface area contributed by atoms with Gasteiger partial charge in [-0.15, -0.1) is 0 Å². The molecule has 0 amide bonds. The third kappa shape index (κ3) is 2.16. The standard InChI is InChI=1S/C9H13NOS/c1-7(10)8-3-5-9(6-4-8)12(2)11/h3-7H,10H2,1-2H3/t7-,12-/m1/s1. The summed E-state index contributed by atoms with van der Waals surface area (Å²) in [5.41, 5.74) is 6.74. The van der Waals surface area contributed by atoms with Crippen molar-refractivity contribution in [3.8, 4) is 0 Å². The van der Waals surface area contributed by atoms with Crippen LogP contribution in [0.25, 0.3) is 0 Å². The van der Waals surface area contributed by atoms with E-state index in [9.17, 15) is 4.21 Å². The van der Waals surface area contributed by atoms with E-state index in [1.54, 1.807) is 6.26 Å². The van der Waals surface area contributed by atoms with E-state index in [1.165, 1.54) is 0 Å². The number of rotatable bonds is 2. The Morgan fingerprint density at radius 1 is 1.33 bits per heavy atom. The zero-order valence-electron chi connectivity index (χ0n) is 7.28. The largest absolute Gasteiger partial charge is 0.324 e. The fourth-order valence-electron chi connectivity index (χ4n) is 0.963. The van der Waals surface area contributed by atoms with Gasteiger partial charge < -0.3 is 5.73 Å². The molecule has 3 heteroatoms. The quantitative estimate of drug-likeness (QED) is 0.754. The Morgan fingerprint density at radius 3 is 2.17 bits per heavy atom. The van der Waals surface area contributed by atoms with Crippen LogP contribution < -0.4 is 5.73 Å². The lowest BCUT2D eigenvalue weighted by Crippen LogP contribution is -2.04. The molecule has 2 nitrogen and oxygen atoms in total. The van der Waals surface area contributed by atoms with Gasteiger partial charge in [-0.05, 0) is 24.6 Å². The van der Waals surface area contributed by atoms with Gasteiger partial charge in [0.25, 0.3) is 0 Å². The molecular formula is C9H13NOS. The molecule has 0 spiro atoms. The maximum Gasteiger partial charge on any atom is 0.0498 e.